The molecule has 2 nitrogen and oxygen atoms in total. The minimum absolute atomic E-state index is 0.595. The fourth-order valence-electron chi connectivity index (χ4n) is 2.55. The van der Waals surface area contributed by atoms with Gasteiger partial charge in [0.25, 0.3) is 0 Å². The maximum absolute atomic E-state index is 5.35. The van der Waals surface area contributed by atoms with Crippen LogP contribution in [0, 0.1) is 0 Å². The lowest BCUT2D eigenvalue weighted by atomic mass is 9.77. The van der Waals surface area contributed by atoms with E-state index in [1.165, 1.54) is 18.4 Å². The van der Waals surface area contributed by atoms with Crippen molar-refractivity contribution >= 4 is 0 Å². The van der Waals surface area contributed by atoms with Crippen LogP contribution in [-0.4, -0.2) is 25.8 Å². The van der Waals surface area contributed by atoms with Crippen molar-refractivity contribution in [2.24, 2.45) is 0 Å². The largest absolute Gasteiger partial charge is 0.380 e. The van der Waals surface area contributed by atoms with Gasteiger partial charge >= 0.3 is 0 Å². The Bertz CT molecular complexity index is 344. The zero-order chi connectivity index (χ0) is 10.1. The van der Waals surface area contributed by atoms with Crippen LogP contribution in [0.25, 0.3) is 0 Å². The van der Waals surface area contributed by atoms with Gasteiger partial charge in [-0.3, -0.25) is 0 Å². The zero-order valence-corrected chi connectivity index (χ0v) is 8.91. The highest BCUT2D eigenvalue weighted by Gasteiger charge is 2.26. The summed E-state index contributed by atoms with van der Waals surface area (Å²) in [6.07, 6.45) is 2.42. The van der Waals surface area contributed by atoms with Gasteiger partial charge in [-0.05, 0) is 24.0 Å². The van der Waals surface area contributed by atoms with Crippen LogP contribution in [-0.2, 0) is 11.2 Å². The molecular weight excluding hydrogens is 186 g/mol. The summed E-state index contributed by atoms with van der Waals surface area (Å²) < 4.78 is 5.35. The average molecular weight is 203 g/mol. The lowest BCUT2D eigenvalue weighted by Gasteiger charge is -2.31. The van der Waals surface area contributed by atoms with Crippen molar-refractivity contribution in [1.29, 1.82) is 0 Å². The Balaban J connectivity index is 1.54. The molecule has 1 saturated heterocycles. The van der Waals surface area contributed by atoms with Crippen LogP contribution in [0.2, 0.25) is 0 Å². The maximum Gasteiger partial charge on any atom is 0.0620 e. The zero-order valence-electron chi connectivity index (χ0n) is 8.91. The van der Waals surface area contributed by atoms with E-state index in [0.717, 1.165) is 25.7 Å². The molecule has 2 aliphatic rings. The number of nitrogens with one attached hydrogen (secondary N) is 1. The second-order valence-corrected chi connectivity index (χ2v) is 4.57. The molecule has 80 valence electrons. The van der Waals surface area contributed by atoms with Gasteiger partial charge in [0.15, 0.2) is 0 Å². The summed E-state index contributed by atoms with van der Waals surface area (Å²) in [6.45, 7) is 2.94. The summed E-state index contributed by atoms with van der Waals surface area (Å²) in [5.74, 6) is 0.738. The Labute approximate surface area is 90.6 Å². The summed E-state index contributed by atoms with van der Waals surface area (Å²) in [7, 11) is 0. The maximum atomic E-state index is 5.35. The van der Waals surface area contributed by atoms with E-state index in [0.29, 0.717) is 6.04 Å². The second-order valence-electron chi connectivity index (χ2n) is 4.57. The quantitative estimate of drug-likeness (QED) is 0.807. The van der Waals surface area contributed by atoms with Gasteiger partial charge in [0.05, 0.1) is 6.61 Å². The van der Waals surface area contributed by atoms with Gasteiger partial charge in [-0.15, -0.1) is 0 Å². The number of hydrogen-bond donors (Lipinski definition) is 1. The summed E-state index contributed by atoms with van der Waals surface area (Å²) in [5, 5.41) is 3.60. The van der Waals surface area contributed by atoms with E-state index < -0.39 is 0 Å². The van der Waals surface area contributed by atoms with Crippen LogP contribution < -0.4 is 5.32 Å². The van der Waals surface area contributed by atoms with Crippen LogP contribution in [0.4, 0.5) is 0 Å². The number of hydrogen-bond acceptors (Lipinski definition) is 2. The van der Waals surface area contributed by atoms with Gasteiger partial charge < -0.3 is 10.1 Å². The third-order valence-electron chi connectivity index (χ3n) is 3.54. The van der Waals surface area contributed by atoms with Crippen LogP contribution in [0.15, 0.2) is 24.3 Å². The SMILES string of the molecule is c1ccc2c(c1)CC2CNC1CCOC1. The molecule has 1 aromatic carbocycles. The van der Waals surface area contributed by atoms with Gasteiger partial charge in [-0.2, -0.15) is 0 Å². The summed E-state index contributed by atoms with van der Waals surface area (Å²) >= 11 is 0. The predicted octanol–water partition coefficient (Wildman–Crippen LogP) is 1.70. The van der Waals surface area contributed by atoms with Crippen molar-refractivity contribution < 1.29 is 4.74 Å². The average Bonchev–Trinajstić information content (AvgIpc) is 2.72. The van der Waals surface area contributed by atoms with Gasteiger partial charge in [-0.25, -0.2) is 0 Å². The lowest BCUT2D eigenvalue weighted by molar-refractivity contribution is 0.189. The van der Waals surface area contributed by atoms with Crippen LogP contribution in [0.3, 0.4) is 0 Å². The highest BCUT2D eigenvalue weighted by molar-refractivity contribution is 5.40. The van der Waals surface area contributed by atoms with Crippen molar-refractivity contribution in [3.63, 3.8) is 0 Å². The molecule has 1 fully saturated rings. The summed E-state index contributed by atoms with van der Waals surface area (Å²) in [5.41, 5.74) is 3.08. The summed E-state index contributed by atoms with van der Waals surface area (Å²) in [6, 6.07) is 9.37. The van der Waals surface area contributed by atoms with E-state index >= 15 is 0 Å². The molecule has 1 aliphatic heterocycles. The number of rotatable bonds is 3. The Hall–Kier alpha value is -0.860. The summed E-state index contributed by atoms with van der Waals surface area (Å²) in [4.78, 5) is 0. The van der Waals surface area contributed by atoms with Crippen molar-refractivity contribution in [1.82, 2.24) is 5.32 Å². The molecular formula is C13H17NO. The highest BCUT2D eigenvalue weighted by atomic mass is 16.5. The molecule has 2 atom stereocenters. The molecule has 3 rings (SSSR count). The first-order chi connectivity index (χ1) is 7.43. The van der Waals surface area contributed by atoms with Crippen LogP contribution in [0.1, 0.15) is 23.5 Å². The molecule has 0 spiro atoms. The van der Waals surface area contributed by atoms with Crippen LogP contribution in [0.5, 0.6) is 0 Å². The molecule has 15 heavy (non-hydrogen) atoms. The Morgan fingerprint density at radius 3 is 3.07 bits per heavy atom. The van der Waals surface area contributed by atoms with E-state index in [2.05, 4.69) is 29.6 Å². The highest BCUT2D eigenvalue weighted by Crippen LogP contribution is 2.34. The monoisotopic (exact) mass is 203 g/mol. The van der Waals surface area contributed by atoms with Gasteiger partial charge in [0.2, 0.25) is 0 Å². The Morgan fingerprint density at radius 1 is 1.33 bits per heavy atom. The molecule has 2 unspecified atom stereocenters. The minimum Gasteiger partial charge on any atom is -0.380 e. The van der Waals surface area contributed by atoms with Crippen molar-refractivity contribution in [2.75, 3.05) is 19.8 Å². The first-order valence-electron chi connectivity index (χ1n) is 5.82. The number of benzene rings is 1. The van der Waals surface area contributed by atoms with E-state index in [-0.39, 0.29) is 0 Å². The van der Waals surface area contributed by atoms with Crippen molar-refractivity contribution in [2.45, 2.75) is 24.8 Å². The number of fused-ring (bicyclic) bond motifs is 1. The molecule has 1 heterocycles. The fourth-order valence-corrected chi connectivity index (χ4v) is 2.55. The van der Waals surface area contributed by atoms with Gasteiger partial charge in [0.1, 0.15) is 0 Å². The smallest absolute Gasteiger partial charge is 0.0620 e. The molecule has 0 bridgehead atoms. The Kier molecular flexibility index (Phi) is 2.47. The van der Waals surface area contributed by atoms with Gasteiger partial charge in [-0.1, -0.05) is 24.3 Å². The third-order valence-corrected chi connectivity index (χ3v) is 3.54. The molecule has 0 amide bonds. The molecule has 0 radical (unpaired) electrons. The third kappa shape index (κ3) is 1.80. The molecule has 0 saturated carbocycles. The number of ether oxygens (including phenoxy) is 1. The lowest BCUT2D eigenvalue weighted by Crippen LogP contribution is -2.36. The fraction of sp³-hybridized carbons (Fsp3) is 0.538. The minimum atomic E-state index is 0.595. The first kappa shape index (κ1) is 9.37. The normalized spacial score (nSPS) is 28.5. The van der Waals surface area contributed by atoms with E-state index in [1.54, 1.807) is 5.56 Å². The van der Waals surface area contributed by atoms with Crippen molar-refractivity contribution in [3.8, 4) is 0 Å². The predicted molar refractivity (Wildman–Crippen MR) is 60.1 cm³/mol. The topological polar surface area (TPSA) is 21.3 Å². The molecule has 0 aromatic heterocycles. The van der Waals surface area contributed by atoms with Crippen molar-refractivity contribution in [3.05, 3.63) is 35.4 Å². The molecule has 1 N–H and O–H groups in total. The van der Waals surface area contributed by atoms with E-state index in [1.807, 2.05) is 0 Å². The van der Waals surface area contributed by atoms with Gasteiger partial charge in [0, 0.05) is 25.1 Å². The van der Waals surface area contributed by atoms with Crippen LogP contribution >= 0.6 is 0 Å². The first-order valence-corrected chi connectivity index (χ1v) is 5.82. The standard InChI is InChI=1S/C13H17NO/c1-2-4-13-10(3-1)7-11(13)8-14-12-5-6-15-9-12/h1-4,11-12,14H,5-9H2. The van der Waals surface area contributed by atoms with E-state index in [9.17, 15) is 0 Å². The molecule has 2 heteroatoms. The molecule has 1 aromatic rings. The van der Waals surface area contributed by atoms with E-state index in [4.69, 9.17) is 4.74 Å². The molecule has 1 aliphatic carbocycles. The second kappa shape index (κ2) is 3.95. The Morgan fingerprint density at radius 2 is 2.27 bits per heavy atom.